The number of rotatable bonds is 16. The van der Waals surface area contributed by atoms with Gasteiger partial charge in [0.15, 0.2) is 64.9 Å². The van der Waals surface area contributed by atoms with Crippen LogP contribution in [0.2, 0.25) is 26.3 Å². The number of benzene rings is 4. The van der Waals surface area contributed by atoms with Crippen LogP contribution in [0.1, 0.15) is 33.5 Å². The molecule has 0 aliphatic rings. The van der Waals surface area contributed by atoms with Gasteiger partial charge >= 0.3 is 0 Å². The highest BCUT2D eigenvalue weighted by Gasteiger charge is 2.13. The van der Waals surface area contributed by atoms with Gasteiger partial charge in [0.05, 0.1) is 92.2 Å². The quantitative estimate of drug-likeness (QED) is 0.0193. The number of ether oxygens (including phenoxy) is 10. The summed E-state index contributed by atoms with van der Waals surface area (Å²) in [7, 11) is 13.4. The summed E-state index contributed by atoms with van der Waals surface area (Å²) in [5.74, 6) is 4.24. The Balaban J connectivity index is 0.000000446. The van der Waals surface area contributed by atoms with E-state index in [1.54, 1.807) is 20.2 Å². The average molecular weight is 1710 g/mol. The lowest BCUT2D eigenvalue weighted by molar-refractivity contribution is 0.0482. The smallest absolute Gasteiger partial charge is 0.293 e. The summed E-state index contributed by atoms with van der Waals surface area (Å²) in [5.41, 5.74) is 1.77. The predicted octanol–water partition coefficient (Wildman–Crippen LogP) is 12.6. The van der Waals surface area contributed by atoms with Gasteiger partial charge in [-0.15, -0.1) is 10.2 Å². The fourth-order valence-electron chi connectivity index (χ4n) is 7.33. The molecule has 117 heavy (non-hydrogen) atoms. The van der Waals surface area contributed by atoms with Crippen molar-refractivity contribution in [2.75, 3.05) is 77.5 Å². The van der Waals surface area contributed by atoms with Crippen molar-refractivity contribution in [1.82, 2.24) is 100 Å². The SMILES string of the molecule is CC.CC.COCOc1cnc(-c2ccccc2)nc1OC.COCOc1cnc(Cl)nc1OC.COc1cnc(Cl)nc1Cl.COc1cnc(Cl)nc1OC.COc1nc(Cl)ncc1O.Cc1nn[nH]n1.O=c1[nH]c(-c2ccccc2)ncc1O.O=c1[nH]c(-c2ccccc2)ncc1O.O=c1[nH]c(-c2ccccc2)ncc1O.[C-]#[N+]C. The first-order valence-corrected chi connectivity index (χ1v) is 35.2. The third-order valence-electron chi connectivity index (χ3n) is 12.3. The lowest BCUT2D eigenvalue weighted by atomic mass is 10.2. The Morgan fingerprint density at radius 2 is 0.692 bits per heavy atom. The third-order valence-corrected chi connectivity index (χ3v) is 13.3. The summed E-state index contributed by atoms with van der Waals surface area (Å²) in [4.78, 5) is 93.0. The van der Waals surface area contributed by atoms with Crippen molar-refractivity contribution in [3.63, 3.8) is 0 Å². The van der Waals surface area contributed by atoms with E-state index in [2.05, 4.69) is 110 Å². The molecule has 13 aromatic rings. The number of aryl methyl sites for hydroxylation is 1. The number of aromatic nitrogens is 20. The summed E-state index contributed by atoms with van der Waals surface area (Å²) in [6, 6.07) is 37.4. The molecule has 0 fully saturated rings. The number of hydrogen-bond donors (Lipinski definition) is 8. The molecule has 0 spiro atoms. The topological polar surface area (TPSA) is 498 Å². The molecule has 9 aromatic heterocycles. The van der Waals surface area contributed by atoms with Crippen LogP contribution in [0.15, 0.2) is 185 Å². The number of nitrogens with zero attached hydrogens (tertiary/aromatic N) is 17. The zero-order valence-electron chi connectivity index (χ0n) is 65.2. The zero-order valence-corrected chi connectivity index (χ0v) is 68.9. The molecule has 620 valence electrons. The number of methoxy groups -OCH3 is 8. The molecule has 9 heterocycles. The van der Waals surface area contributed by atoms with Gasteiger partial charge in [-0.1, -0.05) is 166 Å². The second-order valence-electron chi connectivity index (χ2n) is 19.9. The normalized spacial score (nSPS) is 9.35. The summed E-state index contributed by atoms with van der Waals surface area (Å²) < 4.78 is 49.2. The van der Waals surface area contributed by atoms with Gasteiger partial charge in [-0.3, -0.25) is 14.4 Å². The van der Waals surface area contributed by atoms with Crippen molar-refractivity contribution < 1.29 is 67.8 Å². The maximum Gasteiger partial charge on any atom is 0.293 e. The standard InChI is InChI=1S/C13H14N2O3.3C10H8N2O2.C7H9ClN2O3.C6H7ClN2O2.C5H4Cl2N2O.C5H5ClN2O2.C2H4N4.C2H3N.2C2H6/c1-16-9-18-11-8-14-12(15-13(11)17-2)10-6-4-3-5-7-10;3*13-8-6-11-9(12-10(8)14)7-4-2-1-3-5-7;1-11-4-13-5-3-9-7(8)10-6(5)12-2;1-10-4-3-8-6(7)9-5(4)11-2;1-10-3-2-8-5(7)9-4(3)6;1-10-4-3(9)2-7-5(6)8-4;1-2-3-5-6-4-2;1-3-2;2*1-2/h3-8H,9H2,1-2H3;3*1-6,13H,(H,11,12,14);3H,4H2,1-2H3;3H,1-2H3;2H,1H3;2,9H,1H3;1H3,(H,3,4,5,6);1H3;2*1-2H3. The molecule has 0 aliphatic heterocycles. The molecule has 0 bridgehead atoms. The van der Waals surface area contributed by atoms with Crippen molar-refractivity contribution in [2.24, 2.45) is 0 Å². The van der Waals surface area contributed by atoms with E-state index in [0.29, 0.717) is 63.9 Å². The third kappa shape index (κ3) is 37.8. The predicted molar refractivity (Wildman–Crippen MR) is 437 cm³/mol. The largest absolute Gasteiger partial charge is 0.502 e. The van der Waals surface area contributed by atoms with Gasteiger partial charge in [-0.25, -0.2) is 51.4 Å². The van der Waals surface area contributed by atoms with Crippen LogP contribution in [-0.2, 0) is 9.47 Å². The molecule has 38 nitrogen and oxygen atoms in total. The highest BCUT2D eigenvalue weighted by Crippen LogP contribution is 2.29. The molecular formula is C74H82Cl5N21O17. The van der Waals surface area contributed by atoms with E-state index in [0.717, 1.165) is 40.8 Å². The molecule has 13 rings (SSSR count). The summed E-state index contributed by atoms with van der Waals surface area (Å²) >= 11 is 27.4. The molecular weight excluding hydrogens is 1630 g/mol. The number of nitrogens with one attached hydrogen (secondary N) is 4. The molecule has 0 saturated heterocycles. The number of aromatic amines is 4. The van der Waals surface area contributed by atoms with Gasteiger partial charge in [0.1, 0.15) is 17.5 Å². The monoisotopic (exact) mass is 1710 g/mol. The van der Waals surface area contributed by atoms with Crippen LogP contribution in [0.4, 0.5) is 0 Å². The van der Waals surface area contributed by atoms with Crippen LogP contribution in [0.3, 0.4) is 0 Å². The van der Waals surface area contributed by atoms with Gasteiger partial charge in [-0.2, -0.15) is 25.1 Å². The van der Waals surface area contributed by atoms with Gasteiger partial charge < -0.3 is 87.6 Å². The van der Waals surface area contributed by atoms with Crippen LogP contribution in [0.25, 0.3) is 50.4 Å². The van der Waals surface area contributed by atoms with Crippen molar-refractivity contribution >= 4 is 58.0 Å². The molecule has 8 N–H and O–H groups in total. The molecule has 0 radical (unpaired) electrons. The lowest BCUT2D eigenvalue weighted by Crippen LogP contribution is -2.07. The molecule has 0 amide bonds. The Morgan fingerprint density at radius 3 is 1.00 bits per heavy atom. The molecule has 0 unspecified atom stereocenters. The molecule has 43 heteroatoms. The van der Waals surface area contributed by atoms with E-state index < -0.39 is 16.7 Å². The minimum atomic E-state index is -0.529. The highest BCUT2D eigenvalue weighted by molar-refractivity contribution is 6.32. The Labute approximate surface area is 695 Å². The first-order chi connectivity index (χ1) is 56.5. The van der Waals surface area contributed by atoms with E-state index in [-0.39, 0.29) is 74.6 Å². The van der Waals surface area contributed by atoms with Crippen molar-refractivity contribution in [3.05, 3.63) is 245 Å². The lowest BCUT2D eigenvalue weighted by Gasteiger charge is -2.09. The number of tetrazole rings is 1. The number of aromatic hydroxyl groups is 4. The van der Waals surface area contributed by atoms with Crippen LogP contribution in [0, 0.1) is 13.5 Å². The van der Waals surface area contributed by atoms with Crippen molar-refractivity contribution in [2.45, 2.75) is 34.6 Å². The maximum atomic E-state index is 11.1. The van der Waals surface area contributed by atoms with E-state index in [9.17, 15) is 14.4 Å². The Hall–Kier alpha value is -13.6. The summed E-state index contributed by atoms with van der Waals surface area (Å²) in [5, 5.41) is 49.2. The molecule has 0 aliphatic carbocycles. The number of halogens is 5. The average Bonchev–Trinajstić information content (AvgIpc) is 1.80. The fourth-order valence-corrected chi connectivity index (χ4v) is 8.09. The van der Waals surface area contributed by atoms with Gasteiger partial charge in [0.2, 0.25) is 39.7 Å². The van der Waals surface area contributed by atoms with Crippen LogP contribution in [0.5, 0.6) is 69.5 Å². The molecule has 0 saturated carbocycles. The minimum Gasteiger partial charge on any atom is -0.502 e. The van der Waals surface area contributed by atoms with Gasteiger partial charge in [0.25, 0.3) is 40.2 Å². The van der Waals surface area contributed by atoms with Crippen LogP contribution < -0.4 is 54.6 Å². The Kier molecular flexibility index (Phi) is 49.6. The maximum absolute atomic E-state index is 11.1. The van der Waals surface area contributed by atoms with Gasteiger partial charge in [-0.05, 0) is 53.3 Å². The van der Waals surface area contributed by atoms with Crippen LogP contribution in [-0.4, -0.2) is 198 Å². The van der Waals surface area contributed by atoms with E-state index in [1.807, 2.05) is 149 Å². The highest BCUT2D eigenvalue weighted by atomic mass is 35.5. The first kappa shape index (κ1) is 99.5. The molecule has 0 atom stereocenters. The van der Waals surface area contributed by atoms with E-state index >= 15 is 0 Å². The van der Waals surface area contributed by atoms with Crippen LogP contribution >= 0.6 is 58.0 Å². The van der Waals surface area contributed by atoms with Crippen molar-refractivity contribution in [1.29, 1.82) is 0 Å². The zero-order chi connectivity index (χ0) is 86.9. The number of hydrogen-bond acceptors (Lipinski definition) is 33. The first-order valence-electron chi connectivity index (χ1n) is 33.3. The van der Waals surface area contributed by atoms with E-state index in [1.165, 1.54) is 81.6 Å². The number of H-pyrrole nitrogens is 4. The minimum absolute atomic E-state index is 0.0506. The summed E-state index contributed by atoms with van der Waals surface area (Å²) in [6.07, 6.45) is 10.5. The second kappa shape index (κ2) is 58.3. The summed E-state index contributed by atoms with van der Waals surface area (Å²) in [6.45, 7) is 15.8. The van der Waals surface area contributed by atoms with E-state index in [4.69, 9.17) is 128 Å². The second-order valence-corrected chi connectivity index (χ2v) is 21.6. The Bertz CT molecular complexity index is 4940. The van der Waals surface area contributed by atoms with Gasteiger partial charge in [0, 0.05) is 36.5 Å². The Morgan fingerprint density at radius 1 is 0.385 bits per heavy atom. The molecule has 4 aromatic carbocycles. The fraction of sp³-hybridized carbons (Fsp3) is 0.216. The van der Waals surface area contributed by atoms with Crippen molar-refractivity contribution in [3.8, 4) is 115 Å².